The zero-order chi connectivity index (χ0) is 22.8. The Balaban J connectivity index is 1.37. The molecule has 7 rings (SSSR count). The van der Waals surface area contributed by atoms with Crippen molar-refractivity contribution in [2.24, 2.45) is 5.92 Å². The minimum atomic E-state index is -0.310. The highest BCUT2D eigenvalue weighted by molar-refractivity contribution is 6.14. The van der Waals surface area contributed by atoms with Crippen molar-refractivity contribution in [1.82, 2.24) is 30.2 Å². The van der Waals surface area contributed by atoms with E-state index in [0.29, 0.717) is 28.9 Å². The molecule has 2 aliphatic heterocycles. The SMILES string of the molecule is CNc1cc(F)cc2c1[nH]c1nc(Oc3cnc(C4CC4)nc3)nc(N3CC4CCNC3C4)c12. The van der Waals surface area contributed by atoms with Gasteiger partial charge in [-0.15, -0.1) is 0 Å². The molecule has 1 aromatic carbocycles. The van der Waals surface area contributed by atoms with Gasteiger partial charge in [0, 0.05) is 24.9 Å². The van der Waals surface area contributed by atoms with Gasteiger partial charge < -0.3 is 19.9 Å². The summed E-state index contributed by atoms with van der Waals surface area (Å²) in [6.45, 7) is 1.88. The zero-order valence-electron chi connectivity index (χ0n) is 18.8. The van der Waals surface area contributed by atoms with Crippen LogP contribution < -0.4 is 20.3 Å². The summed E-state index contributed by atoms with van der Waals surface area (Å²) < 4.78 is 20.5. The summed E-state index contributed by atoms with van der Waals surface area (Å²) in [5, 5.41) is 8.22. The van der Waals surface area contributed by atoms with Gasteiger partial charge in [-0.1, -0.05) is 0 Å². The standard InChI is InChI=1S/C24H25FN8O/c1-26-17-8-14(25)7-16-19-22(30-20(16)17)31-24(34-15-9-28-21(29-10-15)13-2-3-13)32-23(19)33-11-12-4-5-27-18(33)6-12/h7-10,12-13,18,26-27H,2-6,11H2,1H3,(H,30,31,32). The third kappa shape index (κ3) is 3.24. The van der Waals surface area contributed by atoms with Crippen LogP contribution in [0.1, 0.15) is 37.4 Å². The van der Waals surface area contributed by atoms with Gasteiger partial charge in [0.25, 0.3) is 0 Å². The molecule has 2 bridgehead atoms. The Morgan fingerprint density at radius 3 is 2.76 bits per heavy atom. The van der Waals surface area contributed by atoms with E-state index in [1.807, 2.05) is 0 Å². The number of aromatic nitrogens is 5. The fourth-order valence-electron chi connectivity index (χ4n) is 5.33. The molecule has 174 valence electrons. The number of ether oxygens (including phenoxy) is 1. The summed E-state index contributed by atoms with van der Waals surface area (Å²) in [4.78, 5) is 24.0. The Morgan fingerprint density at radius 2 is 2.00 bits per heavy atom. The van der Waals surface area contributed by atoms with E-state index in [1.54, 1.807) is 25.5 Å². The number of fused-ring (bicyclic) bond motifs is 5. The molecule has 3 aliphatic rings. The van der Waals surface area contributed by atoms with Gasteiger partial charge in [0.2, 0.25) is 0 Å². The number of rotatable bonds is 5. The van der Waals surface area contributed by atoms with Crippen LogP contribution >= 0.6 is 0 Å². The third-order valence-corrected chi connectivity index (χ3v) is 7.15. The molecular weight excluding hydrogens is 435 g/mol. The van der Waals surface area contributed by atoms with Crippen LogP contribution in [-0.2, 0) is 0 Å². The highest BCUT2D eigenvalue weighted by Gasteiger charge is 2.37. The number of nitrogens with one attached hydrogen (secondary N) is 3. The van der Waals surface area contributed by atoms with Gasteiger partial charge in [-0.05, 0) is 50.3 Å². The summed E-state index contributed by atoms with van der Waals surface area (Å²) in [6.07, 6.45) is 8.04. The number of piperidine rings is 1. The minimum Gasteiger partial charge on any atom is -0.421 e. The maximum Gasteiger partial charge on any atom is 0.326 e. The lowest BCUT2D eigenvalue weighted by Gasteiger charge is -2.27. The predicted molar refractivity (Wildman–Crippen MR) is 127 cm³/mol. The Bertz CT molecular complexity index is 1400. The normalized spacial score (nSPS) is 22.0. The van der Waals surface area contributed by atoms with Crippen LogP contribution in [-0.4, -0.2) is 51.2 Å². The molecule has 4 aromatic rings. The minimum absolute atomic E-state index is 0.188. The average Bonchev–Trinajstić information content (AvgIpc) is 3.57. The number of hydrogen-bond donors (Lipinski definition) is 3. The maximum atomic E-state index is 14.5. The Morgan fingerprint density at radius 1 is 1.15 bits per heavy atom. The first-order valence-corrected chi connectivity index (χ1v) is 11.9. The summed E-state index contributed by atoms with van der Waals surface area (Å²) >= 11 is 0. The number of benzene rings is 1. The van der Waals surface area contributed by atoms with E-state index < -0.39 is 0 Å². The second-order valence-electron chi connectivity index (χ2n) is 9.47. The highest BCUT2D eigenvalue weighted by Crippen LogP contribution is 2.41. The lowest BCUT2D eigenvalue weighted by molar-refractivity contribution is 0.396. The van der Waals surface area contributed by atoms with Crippen molar-refractivity contribution in [1.29, 1.82) is 0 Å². The van der Waals surface area contributed by atoms with E-state index in [9.17, 15) is 4.39 Å². The molecular formula is C24H25FN8O. The first-order valence-electron chi connectivity index (χ1n) is 11.9. The van der Waals surface area contributed by atoms with E-state index in [-0.39, 0.29) is 18.0 Å². The van der Waals surface area contributed by atoms with Crippen molar-refractivity contribution in [2.45, 2.75) is 37.8 Å². The molecule has 0 amide bonds. The molecule has 0 spiro atoms. The molecule has 9 nitrogen and oxygen atoms in total. The molecule has 3 fully saturated rings. The number of nitrogens with zero attached hydrogens (tertiary/aromatic N) is 5. The second kappa shape index (κ2) is 7.49. The first-order chi connectivity index (χ1) is 16.7. The lowest BCUT2D eigenvalue weighted by atomic mass is 10.0. The predicted octanol–water partition coefficient (Wildman–Crippen LogP) is 3.90. The van der Waals surface area contributed by atoms with Gasteiger partial charge in [-0.2, -0.15) is 9.97 Å². The number of anilines is 2. The molecule has 2 atom stereocenters. The summed E-state index contributed by atoms with van der Waals surface area (Å²) in [5.41, 5.74) is 2.07. The first kappa shape index (κ1) is 19.9. The van der Waals surface area contributed by atoms with Crippen molar-refractivity contribution in [3.63, 3.8) is 0 Å². The molecule has 5 heterocycles. The van der Waals surface area contributed by atoms with Gasteiger partial charge in [-0.3, -0.25) is 5.32 Å². The van der Waals surface area contributed by atoms with E-state index in [0.717, 1.165) is 66.7 Å². The number of H-pyrrole nitrogens is 1. The van der Waals surface area contributed by atoms with Gasteiger partial charge >= 0.3 is 6.01 Å². The zero-order valence-corrected chi connectivity index (χ0v) is 18.8. The van der Waals surface area contributed by atoms with Crippen LogP contribution in [0.4, 0.5) is 15.9 Å². The van der Waals surface area contributed by atoms with Crippen molar-refractivity contribution >= 4 is 33.4 Å². The largest absolute Gasteiger partial charge is 0.421 e. The Hall–Kier alpha value is -3.53. The molecule has 34 heavy (non-hydrogen) atoms. The van der Waals surface area contributed by atoms with Crippen LogP contribution in [0.25, 0.3) is 21.9 Å². The third-order valence-electron chi connectivity index (χ3n) is 7.15. The van der Waals surface area contributed by atoms with Crippen LogP contribution in [0.5, 0.6) is 11.8 Å². The van der Waals surface area contributed by atoms with E-state index in [1.165, 1.54) is 6.07 Å². The fraction of sp³-hybridized carbons (Fsp3) is 0.417. The van der Waals surface area contributed by atoms with Gasteiger partial charge in [0.15, 0.2) is 5.75 Å². The quantitative estimate of drug-likeness (QED) is 0.412. The van der Waals surface area contributed by atoms with Crippen molar-refractivity contribution in [3.05, 3.63) is 36.2 Å². The molecule has 1 aliphatic carbocycles. The van der Waals surface area contributed by atoms with E-state index in [2.05, 4.69) is 35.5 Å². The van der Waals surface area contributed by atoms with Gasteiger partial charge in [0.1, 0.15) is 23.1 Å². The monoisotopic (exact) mass is 460 g/mol. The average molecular weight is 461 g/mol. The van der Waals surface area contributed by atoms with Crippen LogP contribution in [0.2, 0.25) is 0 Å². The van der Waals surface area contributed by atoms with Gasteiger partial charge in [0.05, 0.1) is 35.1 Å². The van der Waals surface area contributed by atoms with E-state index in [4.69, 9.17) is 9.72 Å². The fourth-order valence-corrected chi connectivity index (χ4v) is 5.33. The molecule has 2 unspecified atom stereocenters. The molecule has 10 heteroatoms. The number of halogens is 1. The Kier molecular flexibility index (Phi) is 4.38. The summed E-state index contributed by atoms with van der Waals surface area (Å²) in [5.74, 6) is 2.87. The summed E-state index contributed by atoms with van der Waals surface area (Å²) in [7, 11) is 1.78. The molecule has 3 aromatic heterocycles. The van der Waals surface area contributed by atoms with E-state index >= 15 is 0 Å². The topological polar surface area (TPSA) is 104 Å². The maximum absolute atomic E-state index is 14.5. The second-order valence-corrected chi connectivity index (χ2v) is 9.47. The molecule has 1 saturated carbocycles. The van der Waals surface area contributed by atoms with Crippen molar-refractivity contribution in [2.75, 3.05) is 30.4 Å². The van der Waals surface area contributed by atoms with Crippen molar-refractivity contribution < 1.29 is 9.13 Å². The van der Waals surface area contributed by atoms with Gasteiger partial charge in [-0.25, -0.2) is 14.4 Å². The van der Waals surface area contributed by atoms with Crippen LogP contribution in [0.3, 0.4) is 0 Å². The molecule has 0 radical (unpaired) electrons. The summed E-state index contributed by atoms with van der Waals surface area (Å²) in [6, 6.07) is 3.23. The lowest BCUT2D eigenvalue weighted by Crippen LogP contribution is -2.42. The number of aromatic amines is 1. The molecule has 3 N–H and O–H groups in total. The Labute approximate surface area is 195 Å². The smallest absolute Gasteiger partial charge is 0.326 e. The molecule has 2 saturated heterocycles. The van der Waals surface area contributed by atoms with Crippen LogP contribution in [0.15, 0.2) is 24.5 Å². The van der Waals surface area contributed by atoms with Crippen molar-refractivity contribution in [3.8, 4) is 11.8 Å². The van der Waals surface area contributed by atoms with Crippen LogP contribution in [0, 0.1) is 11.7 Å². The highest BCUT2D eigenvalue weighted by atomic mass is 19.1. The number of hydrogen-bond acceptors (Lipinski definition) is 8.